The summed E-state index contributed by atoms with van der Waals surface area (Å²) in [7, 11) is 1.72. The van der Waals surface area contributed by atoms with Crippen molar-refractivity contribution in [3.8, 4) is 0 Å². The van der Waals surface area contributed by atoms with Gasteiger partial charge in [0.15, 0.2) is 0 Å². The summed E-state index contributed by atoms with van der Waals surface area (Å²) in [5.41, 5.74) is 6.89. The van der Waals surface area contributed by atoms with Crippen molar-refractivity contribution in [2.45, 2.75) is 6.04 Å². The number of aliphatic imine (C=N–C) groups is 1. The Balaban J connectivity index is 2.17. The van der Waals surface area contributed by atoms with E-state index in [2.05, 4.69) is 11.1 Å². The average molecular weight is 245 g/mol. The SMILES string of the molecule is CN1C(=O)N=C(N)C1c1csc2ccccc12. The normalized spacial score (nSPS) is 20.1. The number of urea groups is 1. The van der Waals surface area contributed by atoms with Crippen LogP contribution >= 0.6 is 11.3 Å². The third kappa shape index (κ3) is 1.43. The summed E-state index contributed by atoms with van der Waals surface area (Å²) in [4.78, 5) is 16.9. The molecular formula is C12H11N3OS. The van der Waals surface area contributed by atoms with E-state index in [0.717, 1.165) is 10.9 Å². The van der Waals surface area contributed by atoms with Gasteiger partial charge in [0.05, 0.1) is 0 Å². The number of amidine groups is 1. The van der Waals surface area contributed by atoms with Crippen LogP contribution in [0.2, 0.25) is 0 Å². The molecule has 0 saturated carbocycles. The molecule has 3 rings (SSSR count). The van der Waals surface area contributed by atoms with E-state index >= 15 is 0 Å². The highest BCUT2D eigenvalue weighted by Crippen LogP contribution is 2.34. The first-order valence-electron chi connectivity index (χ1n) is 5.25. The molecule has 0 aliphatic carbocycles. The van der Waals surface area contributed by atoms with Crippen molar-refractivity contribution in [1.29, 1.82) is 0 Å². The quantitative estimate of drug-likeness (QED) is 0.838. The van der Waals surface area contributed by atoms with Crippen LogP contribution in [-0.2, 0) is 0 Å². The number of rotatable bonds is 1. The van der Waals surface area contributed by atoms with E-state index in [0.29, 0.717) is 5.84 Å². The predicted octanol–water partition coefficient (Wildman–Crippen LogP) is 2.37. The van der Waals surface area contributed by atoms with Gasteiger partial charge in [0, 0.05) is 17.3 Å². The largest absolute Gasteiger partial charge is 0.385 e. The number of amides is 2. The van der Waals surface area contributed by atoms with Crippen LogP contribution in [-0.4, -0.2) is 23.8 Å². The van der Waals surface area contributed by atoms with E-state index in [-0.39, 0.29) is 12.1 Å². The molecule has 1 aromatic carbocycles. The molecule has 2 aromatic rings. The lowest BCUT2D eigenvalue weighted by molar-refractivity contribution is 0.219. The van der Waals surface area contributed by atoms with Crippen LogP contribution in [0.1, 0.15) is 11.6 Å². The molecule has 0 radical (unpaired) electrons. The van der Waals surface area contributed by atoms with Gasteiger partial charge in [-0.15, -0.1) is 11.3 Å². The Morgan fingerprint density at radius 2 is 2.18 bits per heavy atom. The van der Waals surface area contributed by atoms with Gasteiger partial charge in [0.25, 0.3) is 0 Å². The first-order valence-corrected chi connectivity index (χ1v) is 6.13. The fourth-order valence-electron chi connectivity index (χ4n) is 2.14. The number of carbonyl (C=O) groups excluding carboxylic acids is 1. The van der Waals surface area contributed by atoms with Crippen LogP contribution in [0, 0.1) is 0 Å². The second kappa shape index (κ2) is 3.56. The van der Waals surface area contributed by atoms with E-state index in [1.54, 1.807) is 23.3 Å². The summed E-state index contributed by atoms with van der Waals surface area (Å²) in [6.45, 7) is 0. The Morgan fingerprint density at radius 1 is 1.41 bits per heavy atom. The molecule has 0 bridgehead atoms. The molecule has 1 unspecified atom stereocenters. The van der Waals surface area contributed by atoms with Crippen LogP contribution < -0.4 is 5.73 Å². The van der Waals surface area contributed by atoms with Crippen molar-refractivity contribution in [2.24, 2.45) is 10.7 Å². The molecule has 1 aromatic heterocycles. The molecule has 17 heavy (non-hydrogen) atoms. The van der Waals surface area contributed by atoms with Crippen molar-refractivity contribution in [1.82, 2.24) is 4.90 Å². The number of likely N-dealkylation sites (N-methyl/N-ethyl adjacent to an activating group) is 1. The number of carbonyl (C=O) groups is 1. The molecule has 5 heteroatoms. The first-order chi connectivity index (χ1) is 8.18. The maximum Gasteiger partial charge on any atom is 0.345 e. The molecule has 0 saturated heterocycles. The molecule has 1 aliphatic rings. The van der Waals surface area contributed by atoms with Gasteiger partial charge in [-0.05, 0) is 16.8 Å². The van der Waals surface area contributed by atoms with E-state index in [9.17, 15) is 4.79 Å². The molecule has 0 fully saturated rings. The Kier molecular flexibility index (Phi) is 2.16. The van der Waals surface area contributed by atoms with Gasteiger partial charge < -0.3 is 10.6 Å². The van der Waals surface area contributed by atoms with Gasteiger partial charge in [-0.2, -0.15) is 4.99 Å². The summed E-state index contributed by atoms with van der Waals surface area (Å²) in [6.07, 6.45) is 0. The third-order valence-corrected chi connectivity index (χ3v) is 3.98. The summed E-state index contributed by atoms with van der Waals surface area (Å²) < 4.78 is 1.20. The van der Waals surface area contributed by atoms with Gasteiger partial charge in [0.1, 0.15) is 11.9 Å². The highest BCUT2D eigenvalue weighted by Gasteiger charge is 2.32. The number of hydrogen-bond acceptors (Lipinski definition) is 3. The zero-order valence-electron chi connectivity index (χ0n) is 9.25. The predicted molar refractivity (Wildman–Crippen MR) is 69.3 cm³/mol. The van der Waals surface area contributed by atoms with Crippen molar-refractivity contribution in [3.05, 3.63) is 35.2 Å². The Hall–Kier alpha value is -1.88. The van der Waals surface area contributed by atoms with Crippen LogP contribution in [0.25, 0.3) is 10.1 Å². The minimum Gasteiger partial charge on any atom is -0.385 e. The zero-order chi connectivity index (χ0) is 12.0. The molecule has 4 nitrogen and oxygen atoms in total. The minimum absolute atomic E-state index is 0.223. The number of nitrogens with two attached hydrogens (primary N) is 1. The van der Waals surface area contributed by atoms with Crippen LogP contribution in [0.15, 0.2) is 34.6 Å². The number of benzene rings is 1. The topological polar surface area (TPSA) is 58.7 Å². The third-order valence-electron chi connectivity index (χ3n) is 3.00. The summed E-state index contributed by atoms with van der Waals surface area (Å²) in [5, 5.41) is 3.19. The molecule has 2 amide bonds. The Morgan fingerprint density at radius 3 is 2.88 bits per heavy atom. The smallest absolute Gasteiger partial charge is 0.345 e. The molecule has 1 aliphatic heterocycles. The highest BCUT2D eigenvalue weighted by atomic mass is 32.1. The van der Waals surface area contributed by atoms with Gasteiger partial charge in [-0.25, -0.2) is 4.79 Å². The van der Waals surface area contributed by atoms with Gasteiger partial charge in [-0.1, -0.05) is 18.2 Å². The maximum atomic E-state index is 11.5. The van der Waals surface area contributed by atoms with Gasteiger partial charge in [-0.3, -0.25) is 0 Å². The lowest BCUT2D eigenvalue weighted by Crippen LogP contribution is -2.29. The Bertz CT molecular complexity index is 631. The average Bonchev–Trinajstić information content (AvgIpc) is 2.82. The molecular weight excluding hydrogens is 234 g/mol. The van der Waals surface area contributed by atoms with Crippen LogP contribution in [0.4, 0.5) is 4.79 Å². The van der Waals surface area contributed by atoms with E-state index in [4.69, 9.17) is 5.73 Å². The fraction of sp³-hybridized carbons (Fsp3) is 0.167. The lowest BCUT2D eigenvalue weighted by Gasteiger charge is -2.18. The van der Waals surface area contributed by atoms with Crippen molar-refractivity contribution in [2.75, 3.05) is 7.05 Å². The van der Waals surface area contributed by atoms with E-state index < -0.39 is 0 Å². The lowest BCUT2D eigenvalue weighted by atomic mass is 10.0. The van der Waals surface area contributed by atoms with E-state index in [1.807, 2.05) is 23.6 Å². The maximum absolute atomic E-state index is 11.5. The highest BCUT2D eigenvalue weighted by molar-refractivity contribution is 7.17. The fourth-order valence-corrected chi connectivity index (χ4v) is 3.12. The summed E-state index contributed by atoms with van der Waals surface area (Å²) in [5.74, 6) is 0.376. The zero-order valence-corrected chi connectivity index (χ0v) is 10.1. The van der Waals surface area contributed by atoms with Gasteiger partial charge >= 0.3 is 6.03 Å². The minimum atomic E-state index is -0.275. The number of thiophene rings is 1. The van der Waals surface area contributed by atoms with Crippen molar-refractivity contribution in [3.63, 3.8) is 0 Å². The monoisotopic (exact) mass is 245 g/mol. The van der Waals surface area contributed by atoms with Crippen molar-refractivity contribution < 1.29 is 4.79 Å². The standard InChI is InChI=1S/C12H11N3OS/c1-15-10(11(13)14-12(15)16)8-6-17-9-5-3-2-4-7(8)9/h2-6,10H,1H3,(H2,13,14,16). The van der Waals surface area contributed by atoms with Crippen molar-refractivity contribution >= 4 is 33.3 Å². The van der Waals surface area contributed by atoms with Crippen LogP contribution in [0.3, 0.4) is 0 Å². The number of nitrogens with zero attached hydrogens (tertiary/aromatic N) is 2. The number of fused-ring (bicyclic) bond motifs is 1. The molecule has 1 atom stereocenters. The molecule has 2 N–H and O–H groups in total. The van der Waals surface area contributed by atoms with Gasteiger partial charge in [0.2, 0.25) is 0 Å². The second-order valence-electron chi connectivity index (χ2n) is 4.02. The second-order valence-corrected chi connectivity index (χ2v) is 4.93. The molecule has 2 heterocycles. The molecule has 86 valence electrons. The van der Waals surface area contributed by atoms with E-state index in [1.165, 1.54) is 4.70 Å². The molecule has 0 spiro atoms. The Labute approximate surface area is 102 Å². The summed E-state index contributed by atoms with van der Waals surface area (Å²) in [6, 6.07) is 7.60. The first kappa shape index (κ1) is 10.3. The number of hydrogen-bond donors (Lipinski definition) is 1. The van der Waals surface area contributed by atoms with Crippen LogP contribution in [0.5, 0.6) is 0 Å². The summed E-state index contributed by atoms with van der Waals surface area (Å²) >= 11 is 1.66.